The van der Waals surface area contributed by atoms with Crippen LogP contribution >= 0.6 is 11.6 Å². The summed E-state index contributed by atoms with van der Waals surface area (Å²) in [7, 11) is -3.56. The normalized spacial score (nSPS) is 13.6. The van der Waals surface area contributed by atoms with Gasteiger partial charge in [-0.05, 0) is 24.1 Å². The van der Waals surface area contributed by atoms with E-state index in [2.05, 4.69) is 0 Å². The predicted octanol–water partition coefficient (Wildman–Crippen LogP) is 2.42. The van der Waals surface area contributed by atoms with Crippen LogP contribution in [0.3, 0.4) is 0 Å². The summed E-state index contributed by atoms with van der Waals surface area (Å²) in [4.78, 5) is 0. The summed E-state index contributed by atoms with van der Waals surface area (Å²) >= 11 is 5.82. The third kappa shape index (κ3) is 5.76. The van der Waals surface area contributed by atoms with E-state index < -0.39 is 15.8 Å². The third-order valence-electron chi connectivity index (χ3n) is 2.74. The second-order valence-electron chi connectivity index (χ2n) is 4.72. The summed E-state index contributed by atoms with van der Waals surface area (Å²) in [6, 6.07) is 3.78. The maximum Gasteiger partial charge on any atom is 0.209 e. The molecule has 1 rings (SSSR count). The van der Waals surface area contributed by atoms with Gasteiger partial charge in [-0.25, -0.2) is 17.9 Å². The monoisotopic (exact) mass is 309 g/mol. The molecule has 7 heteroatoms. The fourth-order valence-electron chi connectivity index (χ4n) is 1.52. The molecule has 0 fully saturated rings. The Kier molecular flexibility index (Phi) is 5.58. The fraction of sp³-hybridized carbons (Fsp3) is 0.500. The van der Waals surface area contributed by atoms with Gasteiger partial charge in [0.15, 0.2) is 0 Å². The van der Waals surface area contributed by atoms with Crippen LogP contribution in [0.25, 0.3) is 0 Å². The molecule has 19 heavy (non-hydrogen) atoms. The Hall–Kier alpha value is -0.850. The molecule has 0 saturated carbocycles. The zero-order chi connectivity index (χ0) is 14.6. The first-order valence-electron chi connectivity index (χ1n) is 5.77. The molecule has 1 aromatic carbocycles. The number of rotatable bonds is 6. The Morgan fingerprint density at radius 1 is 1.42 bits per heavy atom. The first-order valence-corrected chi connectivity index (χ1v) is 7.86. The Morgan fingerprint density at radius 3 is 2.53 bits per heavy atom. The second-order valence-corrected chi connectivity index (χ2v) is 6.79. The Morgan fingerprint density at radius 2 is 2.05 bits per heavy atom. The quantitative estimate of drug-likeness (QED) is 0.877. The highest BCUT2D eigenvalue weighted by atomic mass is 35.5. The van der Waals surface area contributed by atoms with Crippen LogP contribution in [0.4, 0.5) is 4.39 Å². The predicted molar refractivity (Wildman–Crippen MR) is 73.2 cm³/mol. The lowest BCUT2D eigenvalue weighted by Crippen LogP contribution is -2.30. The molecule has 1 atom stereocenters. The van der Waals surface area contributed by atoms with Gasteiger partial charge in [0.2, 0.25) is 10.0 Å². The number of halogens is 2. The van der Waals surface area contributed by atoms with Gasteiger partial charge in [0.1, 0.15) is 11.6 Å². The first-order chi connectivity index (χ1) is 8.69. The van der Waals surface area contributed by atoms with E-state index in [4.69, 9.17) is 21.5 Å². The maximum atomic E-state index is 12.9. The van der Waals surface area contributed by atoms with Gasteiger partial charge in [0.25, 0.3) is 0 Å². The largest absolute Gasteiger partial charge is 0.492 e. The van der Waals surface area contributed by atoms with Crippen molar-refractivity contribution in [1.29, 1.82) is 0 Å². The minimum Gasteiger partial charge on any atom is -0.492 e. The summed E-state index contributed by atoms with van der Waals surface area (Å²) in [5.41, 5.74) is 0. The van der Waals surface area contributed by atoms with Crippen molar-refractivity contribution in [3.8, 4) is 5.75 Å². The lowest BCUT2D eigenvalue weighted by molar-refractivity contribution is 0.224. The van der Waals surface area contributed by atoms with Crippen LogP contribution in [0.2, 0.25) is 5.02 Å². The molecule has 0 aliphatic carbocycles. The average molecular weight is 310 g/mol. The van der Waals surface area contributed by atoms with Gasteiger partial charge >= 0.3 is 0 Å². The highest BCUT2D eigenvalue weighted by Gasteiger charge is 2.20. The van der Waals surface area contributed by atoms with Gasteiger partial charge in [0, 0.05) is 5.92 Å². The second kappa shape index (κ2) is 6.54. The third-order valence-corrected chi connectivity index (χ3v) is 3.92. The molecule has 0 aromatic heterocycles. The number of primary sulfonamides is 1. The molecule has 0 amide bonds. The molecule has 0 aliphatic rings. The van der Waals surface area contributed by atoms with Crippen molar-refractivity contribution < 1.29 is 17.5 Å². The molecule has 108 valence electrons. The standard InChI is InChI=1S/C12H17ClFNO3S/c1-8(2)9(7-19(15,16)17)6-18-12-4-3-10(14)5-11(12)13/h3-5,8-9H,6-7H2,1-2H3,(H2,15,16,17). The maximum absolute atomic E-state index is 12.9. The van der Waals surface area contributed by atoms with Gasteiger partial charge in [-0.3, -0.25) is 0 Å². The van der Waals surface area contributed by atoms with Crippen LogP contribution < -0.4 is 9.88 Å². The zero-order valence-corrected chi connectivity index (χ0v) is 12.3. The molecule has 1 aromatic rings. The van der Waals surface area contributed by atoms with Crippen LogP contribution in [0.5, 0.6) is 5.75 Å². The van der Waals surface area contributed by atoms with Crippen LogP contribution in [0.1, 0.15) is 13.8 Å². The van der Waals surface area contributed by atoms with Crippen molar-refractivity contribution in [3.63, 3.8) is 0 Å². The molecule has 0 bridgehead atoms. The van der Waals surface area contributed by atoms with Crippen molar-refractivity contribution >= 4 is 21.6 Å². The van der Waals surface area contributed by atoms with Crippen LogP contribution in [-0.4, -0.2) is 20.8 Å². The molecule has 2 N–H and O–H groups in total. The van der Waals surface area contributed by atoms with Gasteiger partial charge < -0.3 is 4.74 Å². The highest BCUT2D eigenvalue weighted by molar-refractivity contribution is 7.89. The molecular weight excluding hydrogens is 293 g/mol. The van der Waals surface area contributed by atoms with Gasteiger partial charge in [-0.1, -0.05) is 25.4 Å². The Balaban J connectivity index is 2.71. The molecule has 1 unspecified atom stereocenters. The van der Waals surface area contributed by atoms with Crippen molar-refractivity contribution in [1.82, 2.24) is 0 Å². The van der Waals surface area contributed by atoms with Gasteiger partial charge in [-0.15, -0.1) is 0 Å². The van der Waals surface area contributed by atoms with E-state index in [1.807, 2.05) is 13.8 Å². The minimum absolute atomic E-state index is 0.0811. The van der Waals surface area contributed by atoms with Crippen LogP contribution in [0, 0.1) is 17.7 Å². The van der Waals surface area contributed by atoms with E-state index in [9.17, 15) is 12.8 Å². The number of sulfonamides is 1. The van der Waals surface area contributed by atoms with E-state index in [0.717, 1.165) is 6.07 Å². The molecule has 0 aliphatic heterocycles. The number of nitrogens with two attached hydrogens (primary N) is 1. The summed E-state index contributed by atoms with van der Waals surface area (Å²) < 4.78 is 40.5. The van der Waals surface area contributed by atoms with Crippen molar-refractivity contribution in [2.75, 3.05) is 12.4 Å². The van der Waals surface area contributed by atoms with Crippen LogP contribution in [0.15, 0.2) is 18.2 Å². The Labute approximate surface area is 117 Å². The topological polar surface area (TPSA) is 69.4 Å². The number of benzene rings is 1. The Bertz CT molecular complexity index is 534. The van der Waals surface area contributed by atoms with E-state index >= 15 is 0 Å². The molecule has 0 heterocycles. The van der Waals surface area contributed by atoms with Crippen molar-refractivity contribution in [3.05, 3.63) is 29.0 Å². The molecule has 4 nitrogen and oxygen atoms in total. The fourth-order valence-corrected chi connectivity index (χ4v) is 2.82. The van der Waals surface area contributed by atoms with E-state index in [0.29, 0.717) is 5.75 Å². The average Bonchev–Trinajstić information content (AvgIpc) is 2.24. The van der Waals surface area contributed by atoms with Gasteiger partial charge in [-0.2, -0.15) is 0 Å². The SMILES string of the molecule is CC(C)C(COc1ccc(F)cc1Cl)CS(N)(=O)=O. The highest BCUT2D eigenvalue weighted by Crippen LogP contribution is 2.26. The van der Waals surface area contributed by atoms with E-state index in [-0.39, 0.29) is 29.2 Å². The zero-order valence-electron chi connectivity index (χ0n) is 10.8. The summed E-state index contributed by atoms with van der Waals surface area (Å²) in [5.74, 6) is -0.470. The molecular formula is C12H17ClFNO3S. The van der Waals surface area contributed by atoms with Crippen molar-refractivity contribution in [2.24, 2.45) is 17.0 Å². The first kappa shape index (κ1) is 16.2. The summed E-state index contributed by atoms with van der Waals surface area (Å²) in [5, 5.41) is 5.18. The number of ether oxygens (including phenoxy) is 1. The molecule has 0 spiro atoms. The molecule has 0 saturated heterocycles. The smallest absolute Gasteiger partial charge is 0.209 e. The van der Waals surface area contributed by atoms with Crippen molar-refractivity contribution in [2.45, 2.75) is 13.8 Å². The summed E-state index contributed by atoms with van der Waals surface area (Å²) in [6.45, 7) is 3.91. The number of hydrogen-bond acceptors (Lipinski definition) is 3. The van der Waals surface area contributed by atoms with E-state index in [1.54, 1.807) is 0 Å². The lowest BCUT2D eigenvalue weighted by Gasteiger charge is -2.20. The summed E-state index contributed by atoms with van der Waals surface area (Å²) in [6.07, 6.45) is 0. The number of hydrogen-bond donors (Lipinski definition) is 1. The lowest BCUT2D eigenvalue weighted by atomic mass is 9.99. The minimum atomic E-state index is -3.56. The van der Waals surface area contributed by atoms with Crippen LogP contribution in [-0.2, 0) is 10.0 Å². The van der Waals surface area contributed by atoms with Gasteiger partial charge in [0.05, 0.1) is 17.4 Å². The molecule has 0 radical (unpaired) electrons. The van der Waals surface area contributed by atoms with E-state index in [1.165, 1.54) is 12.1 Å².